The summed E-state index contributed by atoms with van der Waals surface area (Å²) in [5.74, 6) is 0. The van der Waals surface area contributed by atoms with Crippen LogP contribution in [0.5, 0.6) is 0 Å². The highest BCUT2D eigenvalue weighted by Gasteiger charge is 2.11. The molecule has 0 saturated heterocycles. The van der Waals surface area contributed by atoms with Gasteiger partial charge in [-0.3, -0.25) is 0 Å². The van der Waals surface area contributed by atoms with Gasteiger partial charge in [0.1, 0.15) is 11.2 Å². The van der Waals surface area contributed by atoms with Crippen LogP contribution in [0.4, 0.5) is 0 Å². The predicted octanol–water partition coefficient (Wildman–Crippen LogP) is 5.10. The number of benzene rings is 2. The molecule has 0 saturated carbocycles. The van der Waals surface area contributed by atoms with E-state index in [1.165, 1.54) is 27.5 Å². The molecule has 0 aliphatic carbocycles. The first-order valence-electron chi connectivity index (χ1n) is 6.31. The molecule has 1 aromatic heterocycles. The summed E-state index contributed by atoms with van der Waals surface area (Å²) in [7, 11) is 0. The first-order valence-corrected chi connectivity index (χ1v) is 6.31. The third kappa shape index (κ3) is 1.47. The summed E-state index contributed by atoms with van der Waals surface area (Å²) in [6, 6.07) is 10.6. The summed E-state index contributed by atoms with van der Waals surface area (Å²) in [5, 5.41) is 2.45. The SMILES string of the molecule is C=Cc1cc2c(cc1C)oc1cccc(CC)c12. The highest BCUT2D eigenvalue weighted by Crippen LogP contribution is 2.33. The van der Waals surface area contributed by atoms with Crippen LogP contribution in [0.2, 0.25) is 0 Å². The Bertz CT molecular complexity index is 747. The second-order valence-corrected chi connectivity index (χ2v) is 4.65. The van der Waals surface area contributed by atoms with E-state index in [1.807, 2.05) is 12.1 Å². The summed E-state index contributed by atoms with van der Waals surface area (Å²) >= 11 is 0. The molecular formula is C17H16O. The molecule has 0 bridgehead atoms. The molecule has 90 valence electrons. The summed E-state index contributed by atoms with van der Waals surface area (Å²) in [5.41, 5.74) is 5.66. The first kappa shape index (κ1) is 11.1. The van der Waals surface area contributed by atoms with E-state index in [0.717, 1.165) is 17.6 Å². The van der Waals surface area contributed by atoms with Gasteiger partial charge in [-0.05, 0) is 48.2 Å². The van der Waals surface area contributed by atoms with Crippen molar-refractivity contribution in [1.29, 1.82) is 0 Å². The van der Waals surface area contributed by atoms with E-state index >= 15 is 0 Å². The molecule has 1 heterocycles. The number of hydrogen-bond donors (Lipinski definition) is 0. The molecule has 0 fully saturated rings. The highest BCUT2D eigenvalue weighted by molar-refractivity contribution is 6.07. The van der Waals surface area contributed by atoms with Crippen molar-refractivity contribution in [2.75, 3.05) is 0 Å². The standard InChI is InChI=1S/C17H16O/c1-4-12-7-6-8-15-17(12)14-10-13(5-2)11(3)9-16(14)18-15/h5-10H,2,4H2,1,3H3. The van der Waals surface area contributed by atoms with Gasteiger partial charge in [-0.1, -0.05) is 31.7 Å². The van der Waals surface area contributed by atoms with Gasteiger partial charge in [0.15, 0.2) is 0 Å². The smallest absolute Gasteiger partial charge is 0.135 e. The molecule has 0 spiro atoms. The van der Waals surface area contributed by atoms with Gasteiger partial charge in [0.05, 0.1) is 0 Å². The van der Waals surface area contributed by atoms with Gasteiger partial charge in [0.25, 0.3) is 0 Å². The van der Waals surface area contributed by atoms with Crippen LogP contribution >= 0.6 is 0 Å². The molecule has 1 heteroatoms. The van der Waals surface area contributed by atoms with Gasteiger partial charge in [-0.2, -0.15) is 0 Å². The quantitative estimate of drug-likeness (QED) is 0.603. The van der Waals surface area contributed by atoms with E-state index in [1.54, 1.807) is 0 Å². The molecular weight excluding hydrogens is 220 g/mol. The van der Waals surface area contributed by atoms with Crippen LogP contribution in [-0.2, 0) is 6.42 Å². The second-order valence-electron chi connectivity index (χ2n) is 4.65. The zero-order valence-electron chi connectivity index (χ0n) is 10.8. The van der Waals surface area contributed by atoms with Crippen molar-refractivity contribution < 1.29 is 4.42 Å². The van der Waals surface area contributed by atoms with Gasteiger partial charge in [0, 0.05) is 10.8 Å². The second kappa shape index (κ2) is 4.02. The largest absolute Gasteiger partial charge is 0.456 e. The van der Waals surface area contributed by atoms with E-state index in [-0.39, 0.29) is 0 Å². The maximum absolute atomic E-state index is 5.94. The molecule has 3 aromatic rings. The maximum Gasteiger partial charge on any atom is 0.135 e. The molecule has 0 amide bonds. The summed E-state index contributed by atoms with van der Waals surface area (Å²) in [4.78, 5) is 0. The third-order valence-corrected chi connectivity index (χ3v) is 3.57. The lowest BCUT2D eigenvalue weighted by molar-refractivity contribution is 0.668. The fraction of sp³-hybridized carbons (Fsp3) is 0.176. The number of fused-ring (bicyclic) bond motifs is 3. The van der Waals surface area contributed by atoms with E-state index in [0.29, 0.717) is 0 Å². The molecule has 0 aliphatic heterocycles. The van der Waals surface area contributed by atoms with Gasteiger partial charge in [-0.25, -0.2) is 0 Å². The molecule has 0 N–H and O–H groups in total. The van der Waals surface area contributed by atoms with Crippen molar-refractivity contribution in [2.24, 2.45) is 0 Å². The Morgan fingerprint density at radius 2 is 2.06 bits per heavy atom. The van der Waals surface area contributed by atoms with Crippen molar-refractivity contribution >= 4 is 28.0 Å². The van der Waals surface area contributed by atoms with Gasteiger partial charge >= 0.3 is 0 Å². The highest BCUT2D eigenvalue weighted by atomic mass is 16.3. The lowest BCUT2D eigenvalue weighted by atomic mass is 10.0. The average molecular weight is 236 g/mol. The van der Waals surface area contributed by atoms with E-state index < -0.39 is 0 Å². The molecule has 3 rings (SSSR count). The zero-order chi connectivity index (χ0) is 12.7. The Morgan fingerprint density at radius 3 is 2.78 bits per heavy atom. The van der Waals surface area contributed by atoms with Gasteiger partial charge < -0.3 is 4.42 Å². The molecule has 0 unspecified atom stereocenters. The van der Waals surface area contributed by atoms with Crippen LogP contribution in [0.15, 0.2) is 41.3 Å². The van der Waals surface area contributed by atoms with Crippen LogP contribution in [0.3, 0.4) is 0 Å². The molecule has 0 aliphatic rings. The number of rotatable bonds is 2. The summed E-state index contributed by atoms with van der Waals surface area (Å²) < 4.78 is 5.94. The van der Waals surface area contributed by atoms with E-state index in [9.17, 15) is 0 Å². The minimum Gasteiger partial charge on any atom is -0.456 e. The Morgan fingerprint density at radius 1 is 1.22 bits per heavy atom. The first-order chi connectivity index (χ1) is 8.74. The maximum atomic E-state index is 5.94. The Labute approximate surface area is 107 Å². The van der Waals surface area contributed by atoms with Crippen molar-refractivity contribution in [3.05, 3.63) is 53.6 Å². The van der Waals surface area contributed by atoms with E-state index in [4.69, 9.17) is 4.42 Å². The molecule has 2 aromatic carbocycles. The Hall–Kier alpha value is -2.02. The number of furan rings is 1. The number of hydrogen-bond acceptors (Lipinski definition) is 1. The van der Waals surface area contributed by atoms with Crippen molar-refractivity contribution in [3.8, 4) is 0 Å². The minimum absolute atomic E-state index is 0.967. The molecule has 0 atom stereocenters. The summed E-state index contributed by atoms with van der Waals surface area (Å²) in [6.07, 6.45) is 2.92. The fourth-order valence-corrected chi connectivity index (χ4v) is 2.58. The van der Waals surface area contributed by atoms with Crippen LogP contribution < -0.4 is 0 Å². The van der Waals surface area contributed by atoms with Crippen molar-refractivity contribution in [3.63, 3.8) is 0 Å². The molecule has 0 radical (unpaired) electrons. The van der Waals surface area contributed by atoms with Crippen LogP contribution in [-0.4, -0.2) is 0 Å². The van der Waals surface area contributed by atoms with Crippen LogP contribution in [0.25, 0.3) is 28.0 Å². The topological polar surface area (TPSA) is 13.1 Å². The predicted molar refractivity (Wildman–Crippen MR) is 77.9 cm³/mol. The Balaban J connectivity index is 2.51. The van der Waals surface area contributed by atoms with Crippen molar-refractivity contribution in [1.82, 2.24) is 0 Å². The van der Waals surface area contributed by atoms with Crippen molar-refractivity contribution in [2.45, 2.75) is 20.3 Å². The van der Waals surface area contributed by atoms with Crippen LogP contribution in [0.1, 0.15) is 23.6 Å². The number of aryl methyl sites for hydroxylation is 2. The third-order valence-electron chi connectivity index (χ3n) is 3.57. The lowest BCUT2D eigenvalue weighted by Gasteiger charge is -2.01. The monoisotopic (exact) mass is 236 g/mol. The van der Waals surface area contributed by atoms with Crippen LogP contribution in [0, 0.1) is 6.92 Å². The normalized spacial score (nSPS) is 11.2. The average Bonchev–Trinajstić information content (AvgIpc) is 2.74. The lowest BCUT2D eigenvalue weighted by Crippen LogP contribution is -1.82. The van der Waals surface area contributed by atoms with E-state index in [2.05, 4.69) is 44.7 Å². The molecule has 18 heavy (non-hydrogen) atoms. The Kier molecular flexibility index (Phi) is 2.48. The van der Waals surface area contributed by atoms with Gasteiger partial charge in [0.2, 0.25) is 0 Å². The molecule has 1 nitrogen and oxygen atoms in total. The summed E-state index contributed by atoms with van der Waals surface area (Å²) in [6.45, 7) is 8.14. The minimum atomic E-state index is 0.967. The zero-order valence-corrected chi connectivity index (χ0v) is 10.8. The van der Waals surface area contributed by atoms with Gasteiger partial charge in [-0.15, -0.1) is 0 Å². The fourth-order valence-electron chi connectivity index (χ4n) is 2.58.